The topological polar surface area (TPSA) is 157 Å². The van der Waals surface area contributed by atoms with E-state index in [2.05, 4.69) is 25.3 Å². The second-order valence-electron chi connectivity index (χ2n) is 9.87. The zero-order valence-corrected chi connectivity index (χ0v) is 21.3. The van der Waals surface area contributed by atoms with E-state index in [1.54, 1.807) is 31.3 Å². The van der Waals surface area contributed by atoms with Crippen LogP contribution in [0.5, 0.6) is 0 Å². The molecule has 1 aliphatic heterocycles. The summed E-state index contributed by atoms with van der Waals surface area (Å²) in [6.45, 7) is 1.66. The Labute approximate surface area is 224 Å². The highest BCUT2D eigenvalue weighted by Crippen LogP contribution is 2.59. The molecule has 1 saturated carbocycles. The fraction of sp³-hybridized carbons (Fsp3) is 0.360. The van der Waals surface area contributed by atoms with Crippen LogP contribution in [0.3, 0.4) is 0 Å². The third-order valence-electron chi connectivity index (χ3n) is 7.54. The summed E-state index contributed by atoms with van der Waals surface area (Å²) in [4.78, 5) is 57.4. The van der Waals surface area contributed by atoms with Crippen LogP contribution in [0.1, 0.15) is 13.0 Å². The van der Waals surface area contributed by atoms with E-state index in [1.807, 2.05) is 4.90 Å². The van der Waals surface area contributed by atoms with Gasteiger partial charge in [-0.3, -0.25) is 19.1 Å². The quantitative estimate of drug-likeness (QED) is 0.374. The summed E-state index contributed by atoms with van der Waals surface area (Å²) in [5.41, 5.74) is -0.271. The maximum Gasteiger partial charge on any atom is 0.333 e. The molecule has 1 saturated heterocycles. The molecule has 0 bridgehead atoms. The van der Waals surface area contributed by atoms with Crippen LogP contribution in [-0.4, -0.2) is 58.6 Å². The molecule has 1 N–H and O–H groups in total. The maximum atomic E-state index is 13.5. The third kappa shape index (κ3) is 3.91. The smallest absolute Gasteiger partial charge is 0.333 e. The van der Waals surface area contributed by atoms with Gasteiger partial charge in [0.2, 0.25) is 5.91 Å². The van der Waals surface area contributed by atoms with Gasteiger partial charge in [-0.25, -0.2) is 33.1 Å². The Kier molecular flexibility index (Phi) is 5.71. The van der Waals surface area contributed by atoms with E-state index in [1.165, 1.54) is 30.3 Å². The number of aromatic nitrogens is 7. The Morgan fingerprint density at radius 3 is 2.62 bits per heavy atom. The van der Waals surface area contributed by atoms with Gasteiger partial charge in [0, 0.05) is 31.9 Å². The molecule has 5 heterocycles. The lowest BCUT2D eigenvalue weighted by molar-refractivity contribution is -0.118. The molecule has 0 spiro atoms. The lowest BCUT2D eigenvalue weighted by atomic mass is 10.2. The van der Waals surface area contributed by atoms with E-state index in [-0.39, 0.29) is 30.1 Å². The average Bonchev–Trinajstić information content (AvgIpc) is 3.38. The van der Waals surface area contributed by atoms with Gasteiger partial charge >= 0.3 is 5.69 Å². The van der Waals surface area contributed by atoms with Crippen molar-refractivity contribution in [2.24, 2.45) is 18.9 Å². The summed E-state index contributed by atoms with van der Waals surface area (Å²) in [7, 11) is 1.43. The number of halogens is 2. The summed E-state index contributed by atoms with van der Waals surface area (Å²) in [5, 5.41) is 11.7. The van der Waals surface area contributed by atoms with E-state index in [0.29, 0.717) is 17.1 Å². The zero-order valence-electron chi connectivity index (χ0n) is 21.3. The van der Waals surface area contributed by atoms with Crippen LogP contribution in [0.25, 0.3) is 22.4 Å². The Bertz CT molecular complexity index is 1810. The second-order valence-corrected chi connectivity index (χ2v) is 9.87. The number of nitriles is 1. The van der Waals surface area contributed by atoms with Crippen molar-refractivity contribution in [3.63, 3.8) is 0 Å². The van der Waals surface area contributed by atoms with E-state index >= 15 is 0 Å². The standard InChI is InChI=1S/C25H22F2N10O3/c1-13(37-12-31-21-20(37)23(39)36(6-5-28)24(40)34(21)2)22(38)33-18-9-29-8-17(32-18)14-3-4-19(30-7-14)35-10-15-16(11-35)25(15,26)27/h3-4,7-9,12-13,15-16H,6,10-11H2,1-2H3,(H,32,33,38)/t13-,15?,16?/m0/s1. The van der Waals surface area contributed by atoms with Crippen molar-refractivity contribution in [3.05, 3.63) is 57.9 Å². The van der Waals surface area contributed by atoms with Gasteiger partial charge in [0.1, 0.15) is 18.4 Å². The molecule has 13 nitrogen and oxygen atoms in total. The molecule has 0 radical (unpaired) electrons. The Morgan fingerprint density at radius 2 is 1.95 bits per heavy atom. The zero-order chi connectivity index (χ0) is 28.3. The molecular formula is C25H22F2N10O3. The number of hydrogen-bond acceptors (Lipinski definition) is 9. The van der Waals surface area contributed by atoms with E-state index in [4.69, 9.17) is 5.26 Å². The minimum Gasteiger partial charge on any atom is -0.356 e. The van der Waals surface area contributed by atoms with Gasteiger partial charge in [-0.05, 0) is 19.1 Å². The largest absolute Gasteiger partial charge is 0.356 e. The van der Waals surface area contributed by atoms with E-state index < -0.39 is 47.5 Å². The van der Waals surface area contributed by atoms with Crippen molar-refractivity contribution < 1.29 is 13.6 Å². The summed E-state index contributed by atoms with van der Waals surface area (Å²) in [6, 6.07) is 4.35. The number of amides is 1. The minimum absolute atomic E-state index is 0.00465. The molecule has 2 aliphatic rings. The number of aryl methyl sites for hydroxylation is 1. The average molecular weight is 549 g/mol. The molecule has 0 aromatic carbocycles. The first-order valence-corrected chi connectivity index (χ1v) is 12.4. The number of fused-ring (bicyclic) bond motifs is 2. The number of rotatable bonds is 6. The number of nitrogens with zero attached hydrogens (tertiary/aromatic N) is 9. The molecule has 1 amide bonds. The minimum atomic E-state index is -2.56. The van der Waals surface area contributed by atoms with Crippen LogP contribution in [0, 0.1) is 23.2 Å². The number of hydrogen-bond donors (Lipinski definition) is 1. The second kappa shape index (κ2) is 9.04. The van der Waals surface area contributed by atoms with Gasteiger partial charge in [-0.15, -0.1) is 0 Å². The number of imidazole rings is 1. The Morgan fingerprint density at radius 1 is 1.20 bits per heavy atom. The predicted molar refractivity (Wildman–Crippen MR) is 138 cm³/mol. The summed E-state index contributed by atoms with van der Waals surface area (Å²) in [5.74, 6) is -3.53. The van der Waals surface area contributed by atoms with Crippen LogP contribution in [0.15, 0.2) is 46.6 Å². The van der Waals surface area contributed by atoms with Gasteiger partial charge in [0.05, 0.1) is 42.3 Å². The number of carbonyl (C=O) groups excluding carboxylic acids is 1. The first-order valence-electron chi connectivity index (χ1n) is 12.4. The van der Waals surface area contributed by atoms with Crippen molar-refractivity contribution >= 4 is 28.7 Å². The molecule has 40 heavy (non-hydrogen) atoms. The Hall–Kier alpha value is -5.00. The molecule has 6 rings (SSSR count). The molecule has 204 valence electrons. The van der Waals surface area contributed by atoms with E-state index in [0.717, 1.165) is 9.13 Å². The third-order valence-corrected chi connectivity index (χ3v) is 7.54. The fourth-order valence-electron chi connectivity index (χ4n) is 5.13. The SMILES string of the molecule is C[C@@H](C(=O)Nc1cncc(-c2ccc(N3CC4C(C3)C4(F)F)nc2)n1)n1cnc2c1c(=O)n(CC#N)c(=O)n2C. The normalized spacial score (nSPS) is 19.7. The number of alkyl halides is 2. The molecule has 4 aromatic heterocycles. The number of nitrogens with one attached hydrogen (secondary N) is 1. The lowest BCUT2D eigenvalue weighted by Gasteiger charge is -2.20. The van der Waals surface area contributed by atoms with Crippen LogP contribution in [0.2, 0.25) is 0 Å². The summed E-state index contributed by atoms with van der Waals surface area (Å²) >= 11 is 0. The van der Waals surface area contributed by atoms with Crippen LogP contribution >= 0.6 is 0 Å². The summed E-state index contributed by atoms with van der Waals surface area (Å²) in [6.07, 6.45) is 5.72. The van der Waals surface area contributed by atoms with Crippen LogP contribution < -0.4 is 21.5 Å². The van der Waals surface area contributed by atoms with Gasteiger partial charge < -0.3 is 14.8 Å². The molecule has 1 aliphatic carbocycles. The first-order chi connectivity index (χ1) is 19.1. The molecular weight excluding hydrogens is 526 g/mol. The maximum absolute atomic E-state index is 13.5. The van der Waals surface area contributed by atoms with Gasteiger partial charge in [0.15, 0.2) is 17.0 Å². The number of anilines is 2. The van der Waals surface area contributed by atoms with Gasteiger partial charge in [-0.2, -0.15) is 5.26 Å². The van der Waals surface area contributed by atoms with Crippen molar-refractivity contribution in [1.82, 2.24) is 33.6 Å². The molecule has 2 fully saturated rings. The van der Waals surface area contributed by atoms with Crippen molar-refractivity contribution in [2.75, 3.05) is 23.3 Å². The van der Waals surface area contributed by atoms with Crippen LogP contribution in [-0.2, 0) is 18.4 Å². The number of piperidine rings is 1. The molecule has 2 unspecified atom stereocenters. The highest BCUT2D eigenvalue weighted by Gasteiger charge is 2.71. The van der Waals surface area contributed by atoms with Crippen molar-refractivity contribution in [3.8, 4) is 17.3 Å². The lowest BCUT2D eigenvalue weighted by Crippen LogP contribution is -2.40. The number of pyridine rings is 1. The van der Waals surface area contributed by atoms with Gasteiger partial charge in [0.25, 0.3) is 11.5 Å². The highest BCUT2D eigenvalue weighted by atomic mass is 19.3. The highest BCUT2D eigenvalue weighted by molar-refractivity contribution is 5.93. The summed E-state index contributed by atoms with van der Waals surface area (Å²) < 4.78 is 30.3. The van der Waals surface area contributed by atoms with Crippen LogP contribution in [0.4, 0.5) is 20.4 Å². The Balaban J connectivity index is 1.20. The van der Waals surface area contributed by atoms with Crippen molar-refractivity contribution in [2.45, 2.75) is 25.4 Å². The molecule has 15 heteroatoms. The monoisotopic (exact) mass is 548 g/mol. The van der Waals surface area contributed by atoms with E-state index in [9.17, 15) is 23.2 Å². The predicted octanol–water partition coefficient (Wildman–Crippen LogP) is 1.17. The molecule has 4 aromatic rings. The van der Waals surface area contributed by atoms with Crippen molar-refractivity contribution in [1.29, 1.82) is 5.26 Å². The fourth-order valence-corrected chi connectivity index (χ4v) is 5.13. The number of carbonyl (C=O) groups is 1. The molecule has 3 atom stereocenters. The first kappa shape index (κ1) is 25.3. The van der Waals surface area contributed by atoms with Gasteiger partial charge in [-0.1, -0.05) is 0 Å².